The van der Waals surface area contributed by atoms with Crippen LogP contribution < -0.4 is 0 Å². The van der Waals surface area contributed by atoms with E-state index < -0.39 is 0 Å². The van der Waals surface area contributed by atoms with Crippen LogP contribution in [-0.2, 0) is 28.7 Å². The Bertz CT molecular complexity index is 613. The van der Waals surface area contributed by atoms with Gasteiger partial charge in [-0.25, -0.2) is 0 Å². The van der Waals surface area contributed by atoms with Crippen molar-refractivity contribution in [2.45, 2.75) is 6.42 Å². The highest BCUT2D eigenvalue weighted by molar-refractivity contribution is 6.00. The van der Waals surface area contributed by atoms with Crippen molar-refractivity contribution < 1.29 is 28.7 Å². The van der Waals surface area contributed by atoms with Crippen molar-refractivity contribution in [3.8, 4) is 0 Å². The average molecular weight is 288 g/mol. The van der Waals surface area contributed by atoms with Crippen molar-refractivity contribution in [1.29, 1.82) is 0 Å². The summed E-state index contributed by atoms with van der Waals surface area (Å²) in [6.07, 6.45) is 0.876. The Morgan fingerprint density at radius 1 is 0.571 bits per heavy atom. The molecule has 0 spiro atoms. The zero-order valence-corrected chi connectivity index (χ0v) is 10.9. The summed E-state index contributed by atoms with van der Waals surface area (Å²) in [5.41, 5.74) is 0. The molecule has 2 bridgehead atoms. The summed E-state index contributed by atoms with van der Waals surface area (Å²) in [5, 5.41) is 0. The number of fused-ring (bicyclic) bond motifs is 14. The quantitative estimate of drug-likeness (QED) is 0.347. The summed E-state index contributed by atoms with van der Waals surface area (Å²) in [6, 6.07) is 0. The molecule has 4 saturated carbocycles. The lowest BCUT2D eigenvalue weighted by Crippen LogP contribution is -2.68. The molecule has 6 rings (SSSR count). The molecule has 6 fully saturated rings. The van der Waals surface area contributed by atoms with Gasteiger partial charge in [0.15, 0.2) is 0 Å². The Balaban J connectivity index is 1.41. The van der Waals surface area contributed by atoms with Crippen molar-refractivity contribution in [2.24, 2.45) is 59.2 Å². The zero-order valence-electron chi connectivity index (χ0n) is 10.9. The van der Waals surface area contributed by atoms with Gasteiger partial charge in [0.05, 0.1) is 23.7 Å². The monoisotopic (exact) mass is 288 g/mol. The topological polar surface area (TPSA) is 86.7 Å². The summed E-state index contributed by atoms with van der Waals surface area (Å²) < 4.78 is 9.61. The highest BCUT2D eigenvalue weighted by Crippen LogP contribution is 2.79. The van der Waals surface area contributed by atoms with Gasteiger partial charge in [0.25, 0.3) is 0 Å². The summed E-state index contributed by atoms with van der Waals surface area (Å²) in [4.78, 5) is 47.4. The SMILES string of the molecule is O=C1OC(=O)C2C3CC(C12)C1C3C2C3C(=O)OC(=O)C3C12. The molecule has 2 heterocycles. The third-order valence-electron chi connectivity index (χ3n) is 7.33. The molecule has 2 aliphatic heterocycles. The maximum absolute atomic E-state index is 11.9. The molecule has 10 atom stereocenters. The van der Waals surface area contributed by atoms with E-state index in [0.717, 1.165) is 6.42 Å². The van der Waals surface area contributed by atoms with Crippen LogP contribution >= 0.6 is 0 Å². The van der Waals surface area contributed by atoms with Gasteiger partial charge in [0, 0.05) is 0 Å². The van der Waals surface area contributed by atoms with Gasteiger partial charge in [-0.05, 0) is 41.9 Å². The molecule has 4 aliphatic carbocycles. The Kier molecular flexibility index (Phi) is 1.52. The van der Waals surface area contributed by atoms with Gasteiger partial charge in [0.1, 0.15) is 0 Å². The Labute approximate surface area is 119 Å². The van der Waals surface area contributed by atoms with Crippen LogP contribution in [-0.4, -0.2) is 23.9 Å². The van der Waals surface area contributed by atoms with Crippen molar-refractivity contribution in [2.75, 3.05) is 0 Å². The van der Waals surface area contributed by atoms with E-state index in [1.165, 1.54) is 0 Å². The van der Waals surface area contributed by atoms with E-state index in [1.54, 1.807) is 0 Å². The van der Waals surface area contributed by atoms with Crippen LogP contribution in [0.3, 0.4) is 0 Å². The largest absolute Gasteiger partial charge is 0.393 e. The van der Waals surface area contributed by atoms with E-state index in [4.69, 9.17) is 9.47 Å². The molecule has 6 nitrogen and oxygen atoms in total. The first kappa shape index (κ1) is 10.9. The van der Waals surface area contributed by atoms with Crippen molar-refractivity contribution in [3.05, 3.63) is 0 Å². The summed E-state index contributed by atoms with van der Waals surface area (Å²) >= 11 is 0. The lowest BCUT2D eigenvalue weighted by Gasteiger charge is -2.66. The first-order chi connectivity index (χ1) is 10.1. The number of rotatable bonds is 0. The second-order valence-corrected chi connectivity index (χ2v) is 7.46. The number of hydrogen-bond acceptors (Lipinski definition) is 6. The van der Waals surface area contributed by atoms with Gasteiger partial charge in [-0.2, -0.15) is 0 Å². The fourth-order valence-corrected chi connectivity index (χ4v) is 6.97. The molecule has 0 aromatic heterocycles. The van der Waals surface area contributed by atoms with Crippen LogP contribution in [0.15, 0.2) is 0 Å². The van der Waals surface area contributed by atoms with E-state index in [1.807, 2.05) is 0 Å². The minimum absolute atomic E-state index is 0.162. The number of carbonyl (C=O) groups excluding carboxylic acids is 4. The molecule has 10 unspecified atom stereocenters. The first-order valence-electron chi connectivity index (χ1n) is 7.60. The molecule has 108 valence electrons. The minimum atomic E-state index is -0.380. The number of carbonyl (C=O) groups is 4. The van der Waals surface area contributed by atoms with E-state index in [9.17, 15) is 19.2 Å². The second kappa shape index (κ2) is 2.91. The Morgan fingerprint density at radius 3 is 1.38 bits per heavy atom. The number of ether oxygens (including phenoxy) is 2. The summed E-state index contributed by atoms with van der Waals surface area (Å²) in [7, 11) is 0. The molecule has 21 heavy (non-hydrogen) atoms. The van der Waals surface area contributed by atoms with Gasteiger partial charge in [0.2, 0.25) is 0 Å². The van der Waals surface area contributed by atoms with Crippen LogP contribution in [0.25, 0.3) is 0 Å². The molecule has 0 aromatic carbocycles. The normalized spacial score (nSPS) is 61.3. The maximum Gasteiger partial charge on any atom is 0.317 e. The van der Waals surface area contributed by atoms with Gasteiger partial charge in [-0.15, -0.1) is 0 Å². The van der Waals surface area contributed by atoms with E-state index in [-0.39, 0.29) is 71.2 Å². The van der Waals surface area contributed by atoms with E-state index in [0.29, 0.717) is 11.8 Å². The standard InChI is InChI=1S/C15H12O6/c16-12-6-2-1-3(7(6)13(17)20-12)5-4(2)8-9(5)11-10(8)14(18)21-15(11)19/h2-11H,1H2. The Hall–Kier alpha value is -1.72. The lowest BCUT2D eigenvalue weighted by atomic mass is 9.35. The molecule has 0 N–H and O–H groups in total. The van der Waals surface area contributed by atoms with Crippen LogP contribution in [0, 0.1) is 59.2 Å². The molecular formula is C15H12O6. The van der Waals surface area contributed by atoms with Crippen molar-refractivity contribution in [3.63, 3.8) is 0 Å². The molecular weight excluding hydrogens is 276 g/mol. The smallest absolute Gasteiger partial charge is 0.317 e. The van der Waals surface area contributed by atoms with Crippen LogP contribution in [0.1, 0.15) is 6.42 Å². The summed E-state index contributed by atoms with van der Waals surface area (Å²) in [5.74, 6) is -1.35. The van der Waals surface area contributed by atoms with Gasteiger partial charge < -0.3 is 9.47 Å². The highest BCUT2D eigenvalue weighted by Gasteiger charge is 2.82. The van der Waals surface area contributed by atoms with E-state index >= 15 is 0 Å². The molecule has 6 heteroatoms. The lowest BCUT2D eigenvalue weighted by molar-refractivity contribution is -0.218. The summed E-state index contributed by atoms with van der Waals surface area (Å²) in [6.45, 7) is 0. The van der Waals surface area contributed by atoms with Crippen LogP contribution in [0.2, 0.25) is 0 Å². The Morgan fingerprint density at radius 2 is 0.952 bits per heavy atom. The zero-order chi connectivity index (χ0) is 14.2. The van der Waals surface area contributed by atoms with Gasteiger partial charge in [-0.3, -0.25) is 19.2 Å². The molecule has 6 aliphatic rings. The molecule has 2 saturated heterocycles. The third kappa shape index (κ3) is 0.878. The molecule has 0 aromatic rings. The van der Waals surface area contributed by atoms with Crippen LogP contribution in [0.5, 0.6) is 0 Å². The van der Waals surface area contributed by atoms with Gasteiger partial charge >= 0.3 is 23.9 Å². The molecule has 0 amide bonds. The predicted molar refractivity (Wildman–Crippen MR) is 61.7 cm³/mol. The highest BCUT2D eigenvalue weighted by atomic mass is 16.6. The van der Waals surface area contributed by atoms with Crippen molar-refractivity contribution in [1.82, 2.24) is 0 Å². The average Bonchev–Trinajstić information content (AvgIpc) is 3.03. The number of hydrogen-bond donors (Lipinski definition) is 0. The number of esters is 4. The predicted octanol–water partition coefficient (Wildman–Crippen LogP) is -0.240. The second-order valence-electron chi connectivity index (χ2n) is 7.46. The van der Waals surface area contributed by atoms with E-state index in [2.05, 4.69) is 0 Å². The minimum Gasteiger partial charge on any atom is -0.393 e. The third-order valence-corrected chi connectivity index (χ3v) is 7.33. The fraction of sp³-hybridized carbons (Fsp3) is 0.733. The van der Waals surface area contributed by atoms with Gasteiger partial charge in [-0.1, -0.05) is 0 Å². The molecule has 0 radical (unpaired) electrons. The van der Waals surface area contributed by atoms with Crippen molar-refractivity contribution >= 4 is 23.9 Å². The maximum atomic E-state index is 11.9. The van der Waals surface area contributed by atoms with Crippen LogP contribution in [0.4, 0.5) is 0 Å². The first-order valence-corrected chi connectivity index (χ1v) is 7.60. The fourth-order valence-electron chi connectivity index (χ4n) is 6.97. The number of cyclic esters (lactones) is 4.